The number of nitrogens with one attached hydrogen (secondary N) is 3. The van der Waals surface area contributed by atoms with Crippen LogP contribution in [0.25, 0.3) is 10.4 Å². The van der Waals surface area contributed by atoms with Gasteiger partial charge in [0, 0.05) is 25.8 Å². The number of β-amino-alcohol motifs (C(OH)–C–C–N with tert-alkyl or cyclic N) is 1. The minimum atomic E-state index is -0.965. The van der Waals surface area contributed by atoms with Gasteiger partial charge in [-0.2, -0.15) is 0 Å². The van der Waals surface area contributed by atoms with Crippen LogP contribution in [0.4, 0.5) is 4.79 Å². The lowest BCUT2D eigenvalue weighted by Crippen LogP contribution is -2.57. The summed E-state index contributed by atoms with van der Waals surface area (Å²) in [6.45, 7) is 14.5. The van der Waals surface area contributed by atoms with Crippen LogP contribution in [0.5, 0.6) is 5.75 Å². The summed E-state index contributed by atoms with van der Waals surface area (Å²) in [6.07, 6.45) is -0.301. The molecular formula is C43H59ClN6O8S. The highest BCUT2D eigenvalue weighted by atomic mass is 35.5. The van der Waals surface area contributed by atoms with Gasteiger partial charge in [0.15, 0.2) is 0 Å². The number of nitrogens with zero attached hydrogens (tertiary/aromatic N) is 2. The van der Waals surface area contributed by atoms with Crippen molar-refractivity contribution in [2.75, 3.05) is 13.2 Å². The van der Waals surface area contributed by atoms with Crippen LogP contribution >= 0.6 is 22.9 Å². The van der Waals surface area contributed by atoms with Crippen molar-refractivity contribution in [3.63, 3.8) is 0 Å². The van der Waals surface area contributed by atoms with Crippen molar-refractivity contribution in [1.82, 2.24) is 25.8 Å². The molecule has 14 nitrogen and oxygen atoms in total. The van der Waals surface area contributed by atoms with Gasteiger partial charge in [-0.25, -0.2) is 9.78 Å². The van der Waals surface area contributed by atoms with E-state index in [1.165, 1.54) is 4.90 Å². The van der Waals surface area contributed by atoms with E-state index in [1.807, 2.05) is 70.5 Å². The number of alkyl carbamates (subject to hydrolysis) is 1. The van der Waals surface area contributed by atoms with Gasteiger partial charge in [-0.15, -0.1) is 11.3 Å². The number of thiazole rings is 1. The number of carbonyl (C=O) groups is 5. The van der Waals surface area contributed by atoms with Gasteiger partial charge in [0.2, 0.25) is 23.6 Å². The van der Waals surface area contributed by atoms with E-state index in [-0.39, 0.29) is 56.7 Å². The molecule has 0 bridgehead atoms. The fourth-order valence-corrected chi connectivity index (χ4v) is 7.81. The minimum absolute atomic E-state index is 0.00196. The van der Waals surface area contributed by atoms with E-state index in [0.717, 1.165) is 27.3 Å². The molecule has 3 aromatic rings. The van der Waals surface area contributed by atoms with Crippen LogP contribution in [-0.2, 0) is 30.3 Å². The average Bonchev–Trinajstić information content (AvgIpc) is 3.76. The Morgan fingerprint density at radius 3 is 2.32 bits per heavy atom. The van der Waals surface area contributed by atoms with Gasteiger partial charge in [-0.05, 0) is 82.1 Å². The number of primary amides is 1. The number of rotatable bonds is 17. The van der Waals surface area contributed by atoms with Crippen LogP contribution in [0, 0.1) is 12.3 Å². The predicted molar refractivity (Wildman–Crippen MR) is 228 cm³/mol. The monoisotopic (exact) mass is 854 g/mol. The summed E-state index contributed by atoms with van der Waals surface area (Å²) in [6, 6.07) is 10.3. The maximum absolute atomic E-state index is 14.1. The Morgan fingerprint density at radius 2 is 1.71 bits per heavy atom. The number of aliphatic hydroxyl groups excluding tert-OH is 1. The van der Waals surface area contributed by atoms with E-state index in [9.17, 15) is 29.1 Å². The Bertz CT molecular complexity index is 1940. The number of carbonyl (C=O) groups excluding carboxylic acids is 5. The third-order valence-electron chi connectivity index (χ3n) is 9.85. The van der Waals surface area contributed by atoms with Crippen molar-refractivity contribution in [1.29, 1.82) is 0 Å². The van der Waals surface area contributed by atoms with E-state index < -0.39 is 53.2 Å². The van der Waals surface area contributed by atoms with Crippen LogP contribution in [0.15, 0.2) is 48.0 Å². The summed E-state index contributed by atoms with van der Waals surface area (Å²) in [4.78, 5) is 71.8. The molecular weight excluding hydrogens is 796 g/mol. The Kier molecular flexibility index (Phi) is 16.3. The fourth-order valence-electron chi connectivity index (χ4n) is 6.73. The molecule has 5 amide bonds. The third-order valence-corrected chi connectivity index (χ3v) is 11.3. The van der Waals surface area contributed by atoms with Gasteiger partial charge in [-0.3, -0.25) is 19.2 Å². The molecule has 1 saturated heterocycles. The van der Waals surface area contributed by atoms with Gasteiger partial charge < -0.3 is 41.2 Å². The molecule has 59 heavy (non-hydrogen) atoms. The van der Waals surface area contributed by atoms with E-state index >= 15 is 0 Å². The number of nitrogens with two attached hydrogens (primary N) is 1. The highest BCUT2D eigenvalue weighted by molar-refractivity contribution is 7.13. The molecule has 4 rings (SSSR count). The molecule has 5 atom stereocenters. The first-order chi connectivity index (χ1) is 27.6. The van der Waals surface area contributed by atoms with Gasteiger partial charge in [0.05, 0.1) is 39.3 Å². The molecule has 0 radical (unpaired) electrons. The molecule has 0 aliphatic carbocycles. The molecule has 16 heteroatoms. The number of ether oxygens (including phenoxy) is 2. The molecule has 1 aromatic heterocycles. The molecule has 322 valence electrons. The lowest BCUT2D eigenvalue weighted by Gasteiger charge is -2.35. The zero-order valence-corrected chi connectivity index (χ0v) is 36.8. The average molecular weight is 855 g/mol. The molecule has 1 fully saturated rings. The van der Waals surface area contributed by atoms with Crippen molar-refractivity contribution in [2.24, 2.45) is 11.1 Å². The predicted octanol–water partition coefficient (Wildman–Crippen LogP) is 6.00. The summed E-state index contributed by atoms with van der Waals surface area (Å²) in [5.41, 5.74) is 9.33. The lowest BCUT2D eigenvalue weighted by molar-refractivity contribution is -0.144. The van der Waals surface area contributed by atoms with Crippen molar-refractivity contribution < 1.29 is 38.6 Å². The first-order valence-electron chi connectivity index (χ1n) is 19.9. The molecule has 0 saturated carbocycles. The maximum atomic E-state index is 14.1. The molecule has 1 aliphatic heterocycles. The number of hydrogen-bond donors (Lipinski definition) is 5. The van der Waals surface area contributed by atoms with Crippen LogP contribution in [0.1, 0.15) is 103 Å². The van der Waals surface area contributed by atoms with Gasteiger partial charge in [-0.1, -0.05) is 68.8 Å². The highest BCUT2D eigenvalue weighted by Gasteiger charge is 2.44. The SMILES string of the molecule is Cc1ncsc1-c1ccc([C@H](C)NC(=O)[C@@H]2C[C@H](O)CN2C(=O)[C@@H](NC(=O)CCCc2cccc(OC[C@H](CCC(N)=O)NC(=O)OC(C)(C)C)c2Cl)C(C)(C)C)cc1. The van der Waals surface area contributed by atoms with Gasteiger partial charge in [0.25, 0.3) is 0 Å². The summed E-state index contributed by atoms with van der Waals surface area (Å²) < 4.78 is 11.3. The number of aromatic nitrogens is 1. The van der Waals surface area contributed by atoms with E-state index in [2.05, 4.69) is 20.9 Å². The highest BCUT2D eigenvalue weighted by Crippen LogP contribution is 2.31. The summed E-state index contributed by atoms with van der Waals surface area (Å²) in [5, 5.41) is 19.6. The fraction of sp³-hybridized carbons (Fsp3) is 0.535. The molecule has 2 aromatic carbocycles. The second-order valence-corrected chi connectivity index (χ2v) is 18.4. The van der Waals surface area contributed by atoms with E-state index in [1.54, 1.807) is 44.2 Å². The van der Waals surface area contributed by atoms with Crippen molar-refractivity contribution in [3.05, 3.63) is 69.8 Å². The first kappa shape index (κ1) is 47.0. The minimum Gasteiger partial charge on any atom is -0.490 e. The third kappa shape index (κ3) is 13.9. The number of halogens is 1. The van der Waals surface area contributed by atoms with E-state index in [4.69, 9.17) is 26.8 Å². The van der Waals surface area contributed by atoms with E-state index in [0.29, 0.717) is 23.6 Å². The molecule has 2 heterocycles. The Morgan fingerprint density at radius 1 is 1.02 bits per heavy atom. The standard InChI is InChI=1S/C43H59ClN6O8S/c1-25(27-15-17-29(18-16-27)37-26(2)46-24-59-37)47-39(54)32-21-31(51)22-50(32)40(55)38(42(3,4)5)49-35(53)14-10-12-28-11-9-13-33(36(28)44)57-23-30(19-20-34(45)52)48-41(56)58-43(6,7)8/h9,11,13,15-18,24-25,30-32,38,51H,10,12,14,19-23H2,1-8H3,(H2,45,52)(H,47,54)(H,48,56)(H,49,53)/t25-,30-,31-,32-,38+/m0/s1. The lowest BCUT2D eigenvalue weighted by atomic mass is 9.85. The Hall–Kier alpha value is -4.73. The second kappa shape index (κ2) is 20.5. The van der Waals surface area contributed by atoms with Crippen molar-refractivity contribution in [3.8, 4) is 16.2 Å². The summed E-state index contributed by atoms with van der Waals surface area (Å²) in [5.74, 6) is -1.33. The quantitative estimate of drug-likeness (QED) is 0.108. The zero-order valence-electron chi connectivity index (χ0n) is 35.2. The Balaban J connectivity index is 1.34. The smallest absolute Gasteiger partial charge is 0.407 e. The second-order valence-electron chi connectivity index (χ2n) is 17.1. The Labute approximate surface area is 355 Å². The normalized spacial score (nSPS) is 17.1. The van der Waals surface area contributed by atoms with Gasteiger partial charge >= 0.3 is 6.09 Å². The molecule has 0 unspecified atom stereocenters. The molecule has 6 N–H and O–H groups in total. The number of amides is 5. The topological polar surface area (TPSA) is 202 Å². The molecule has 1 aliphatic rings. The van der Waals surface area contributed by atoms with Crippen LogP contribution in [-0.4, -0.2) is 87.7 Å². The molecule has 0 spiro atoms. The summed E-state index contributed by atoms with van der Waals surface area (Å²) >= 11 is 8.28. The van der Waals surface area contributed by atoms with Crippen LogP contribution < -0.4 is 26.4 Å². The van der Waals surface area contributed by atoms with Crippen LogP contribution in [0.3, 0.4) is 0 Å². The maximum Gasteiger partial charge on any atom is 0.407 e. The summed E-state index contributed by atoms with van der Waals surface area (Å²) in [7, 11) is 0. The number of likely N-dealkylation sites (tertiary alicyclic amines) is 1. The number of aryl methyl sites for hydroxylation is 2. The van der Waals surface area contributed by atoms with Crippen molar-refractivity contribution >= 4 is 52.7 Å². The number of benzene rings is 2. The zero-order chi connectivity index (χ0) is 43.7. The van der Waals surface area contributed by atoms with Crippen molar-refractivity contribution in [2.45, 2.75) is 130 Å². The van der Waals surface area contributed by atoms with Gasteiger partial charge in [0.1, 0.15) is 30.0 Å². The first-order valence-corrected chi connectivity index (χ1v) is 21.2. The number of hydrogen-bond acceptors (Lipinski definition) is 10. The van der Waals surface area contributed by atoms with Crippen LogP contribution in [0.2, 0.25) is 5.02 Å². The number of aliphatic hydroxyl groups is 1. The largest absolute Gasteiger partial charge is 0.490 e.